The Hall–Kier alpha value is -1.07. The Kier molecular flexibility index (Phi) is 6.02. The van der Waals surface area contributed by atoms with Gasteiger partial charge in [-0.3, -0.25) is 9.00 Å². The standard InChI is InChI=1S/C14H21ClN2O2S/c1-14(2,3)20(19)8-4-5-13(18)17-12-9-10(15)6-7-11(12)16/h6-7,9H,4-5,8,16H2,1-3H3,(H,17,18). The van der Waals surface area contributed by atoms with E-state index in [2.05, 4.69) is 5.32 Å². The molecule has 1 aromatic rings. The number of halogens is 1. The van der Waals surface area contributed by atoms with E-state index in [9.17, 15) is 9.00 Å². The Labute approximate surface area is 127 Å². The average molecular weight is 317 g/mol. The van der Waals surface area contributed by atoms with Crippen LogP contribution in [0, 0.1) is 0 Å². The highest BCUT2D eigenvalue weighted by atomic mass is 35.5. The zero-order valence-corrected chi connectivity index (χ0v) is 13.6. The number of nitrogens with one attached hydrogen (secondary N) is 1. The van der Waals surface area contributed by atoms with Crippen molar-refractivity contribution in [2.45, 2.75) is 38.4 Å². The molecule has 0 aromatic heterocycles. The number of hydrogen-bond donors (Lipinski definition) is 2. The molecule has 4 nitrogen and oxygen atoms in total. The maximum absolute atomic E-state index is 11.8. The van der Waals surface area contributed by atoms with Crippen LogP contribution in [0.1, 0.15) is 33.6 Å². The van der Waals surface area contributed by atoms with Crippen LogP contribution in [0.5, 0.6) is 0 Å². The van der Waals surface area contributed by atoms with Gasteiger partial charge < -0.3 is 11.1 Å². The second kappa shape index (κ2) is 7.09. The van der Waals surface area contributed by atoms with E-state index in [1.54, 1.807) is 18.2 Å². The molecule has 3 N–H and O–H groups in total. The molecular weight excluding hydrogens is 296 g/mol. The van der Waals surface area contributed by atoms with Gasteiger partial charge in [0.25, 0.3) is 0 Å². The minimum absolute atomic E-state index is 0.148. The summed E-state index contributed by atoms with van der Waals surface area (Å²) in [4.78, 5) is 11.8. The van der Waals surface area contributed by atoms with Gasteiger partial charge in [0, 0.05) is 32.7 Å². The van der Waals surface area contributed by atoms with Gasteiger partial charge in [-0.15, -0.1) is 0 Å². The lowest BCUT2D eigenvalue weighted by molar-refractivity contribution is -0.116. The summed E-state index contributed by atoms with van der Waals surface area (Å²) in [5.41, 5.74) is 6.74. The lowest BCUT2D eigenvalue weighted by atomic mass is 10.2. The van der Waals surface area contributed by atoms with Gasteiger partial charge in [0.05, 0.1) is 11.4 Å². The Bertz CT molecular complexity index is 512. The number of carbonyl (C=O) groups is 1. The number of hydrogen-bond acceptors (Lipinski definition) is 3. The maximum atomic E-state index is 11.8. The minimum atomic E-state index is -0.934. The largest absolute Gasteiger partial charge is 0.397 e. The summed E-state index contributed by atoms with van der Waals surface area (Å²) in [6.07, 6.45) is 0.893. The molecule has 0 aliphatic rings. The molecule has 1 rings (SSSR count). The van der Waals surface area contributed by atoms with E-state index in [0.29, 0.717) is 35.0 Å². The molecule has 112 valence electrons. The fraction of sp³-hybridized carbons (Fsp3) is 0.500. The predicted octanol–water partition coefficient (Wildman–Crippen LogP) is 3.19. The molecule has 0 spiro atoms. The number of benzene rings is 1. The van der Waals surface area contributed by atoms with Crippen molar-refractivity contribution < 1.29 is 9.00 Å². The van der Waals surface area contributed by atoms with Crippen molar-refractivity contribution in [3.05, 3.63) is 23.2 Å². The fourth-order valence-electron chi connectivity index (χ4n) is 1.52. The third-order valence-corrected chi connectivity index (χ3v) is 4.97. The summed E-state index contributed by atoms with van der Waals surface area (Å²) < 4.78 is 11.6. The quantitative estimate of drug-likeness (QED) is 0.819. The summed E-state index contributed by atoms with van der Waals surface area (Å²) in [5.74, 6) is 0.368. The Morgan fingerprint density at radius 2 is 2.05 bits per heavy atom. The monoisotopic (exact) mass is 316 g/mol. The lowest BCUT2D eigenvalue weighted by Crippen LogP contribution is -2.24. The highest BCUT2D eigenvalue weighted by Crippen LogP contribution is 2.23. The van der Waals surface area contributed by atoms with Gasteiger partial charge in [-0.1, -0.05) is 11.6 Å². The summed E-state index contributed by atoms with van der Waals surface area (Å²) in [5, 5.41) is 3.23. The minimum Gasteiger partial charge on any atom is -0.397 e. The van der Waals surface area contributed by atoms with Crippen LogP contribution in [0.15, 0.2) is 18.2 Å². The molecular formula is C14H21ClN2O2S. The number of amides is 1. The zero-order chi connectivity index (χ0) is 15.3. The first kappa shape index (κ1) is 17.0. The Morgan fingerprint density at radius 3 is 2.65 bits per heavy atom. The lowest BCUT2D eigenvalue weighted by Gasteiger charge is -2.17. The third-order valence-electron chi connectivity index (χ3n) is 2.71. The van der Waals surface area contributed by atoms with Crippen LogP contribution < -0.4 is 11.1 Å². The molecule has 1 amide bonds. The van der Waals surface area contributed by atoms with Gasteiger partial charge in [0.2, 0.25) is 5.91 Å². The van der Waals surface area contributed by atoms with Gasteiger partial charge >= 0.3 is 0 Å². The highest BCUT2D eigenvalue weighted by Gasteiger charge is 2.19. The molecule has 1 atom stereocenters. The maximum Gasteiger partial charge on any atom is 0.224 e. The van der Waals surface area contributed by atoms with Gasteiger partial charge in [0.15, 0.2) is 0 Å². The van der Waals surface area contributed by atoms with E-state index in [1.165, 1.54) is 0 Å². The van der Waals surface area contributed by atoms with Crippen molar-refractivity contribution in [3.63, 3.8) is 0 Å². The number of nitrogen functional groups attached to an aromatic ring is 1. The van der Waals surface area contributed by atoms with E-state index in [0.717, 1.165) is 0 Å². The molecule has 1 aromatic carbocycles. The molecule has 20 heavy (non-hydrogen) atoms. The van der Waals surface area contributed by atoms with E-state index >= 15 is 0 Å². The average Bonchev–Trinajstić information content (AvgIpc) is 2.32. The number of carbonyl (C=O) groups excluding carboxylic acids is 1. The van der Waals surface area contributed by atoms with Gasteiger partial charge in [-0.25, -0.2) is 0 Å². The second-order valence-electron chi connectivity index (χ2n) is 5.55. The van der Waals surface area contributed by atoms with Crippen LogP contribution >= 0.6 is 11.6 Å². The third kappa shape index (κ3) is 5.51. The van der Waals surface area contributed by atoms with Crippen LogP contribution in [0.3, 0.4) is 0 Å². The molecule has 0 fully saturated rings. The molecule has 1 unspecified atom stereocenters. The number of nitrogens with two attached hydrogens (primary N) is 1. The molecule has 0 saturated heterocycles. The van der Waals surface area contributed by atoms with Gasteiger partial charge in [-0.2, -0.15) is 0 Å². The number of rotatable bonds is 5. The van der Waals surface area contributed by atoms with E-state index in [1.807, 2.05) is 20.8 Å². The highest BCUT2D eigenvalue weighted by molar-refractivity contribution is 7.86. The Morgan fingerprint density at radius 1 is 1.40 bits per heavy atom. The van der Waals surface area contributed by atoms with Crippen LogP contribution in [0.2, 0.25) is 5.02 Å². The summed E-state index contributed by atoms with van der Waals surface area (Å²) in [6, 6.07) is 4.92. The SMILES string of the molecule is CC(C)(C)S(=O)CCCC(=O)Nc1cc(Cl)ccc1N. The number of anilines is 2. The first-order valence-corrected chi connectivity index (χ1v) is 8.13. The van der Waals surface area contributed by atoms with E-state index < -0.39 is 10.8 Å². The van der Waals surface area contributed by atoms with Crippen LogP contribution in [0.25, 0.3) is 0 Å². The van der Waals surface area contributed by atoms with Crippen molar-refractivity contribution in [2.24, 2.45) is 0 Å². The molecule has 6 heteroatoms. The normalized spacial score (nSPS) is 13.0. The first-order valence-electron chi connectivity index (χ1n) is 6.43. The molecule has 0 radical (unpaired) electrons. The van der Waals surface area contributed by atoms with E-state index in [4.69, 9.17) is 17.3 Å². The van der Waals surface area contributed by atoms with Crippen molar-refractivity contribution in [2.75, 3.05) is 16.8 Å². The molecule has 0 aliphatic carbocycles. The molecule has 0 saturated carbocycles. The van der Waals surface area contributed by atoms with Gasteiger partial charge in [0.1, 0.15) is 0 Å². The van der Waals surface area contributed by atoms with Crippen LogP contribution in [0.4, 0.5) is 11.4 Å². The summed E-state index contributed by atoms with van der Waals surface area (Å²) >= 11 is 5.85. The smallest absolute Gasteiger partial charge is 0.224 e. The van der Waals surface area contributed by atoms with E-state index in [-0.39, 0.29) is 10.7 Å². The van der Waals surface area contributed by atoms with Crippen molar-refractivity contribution in [3.8, 4) is 0 Å². The Balaban J connectivity index is 2.45. The van der Waals surface area contributed by atoms with Crippen molar-refractivity contribution >= 4 is 39.7 Å². The molecule has 0 aliphatic heterocycles. The fourth-order valence-corrected chi connectivity index (χ4v) is 2.71. The zero-order valence-electron chi connectivity index (χ0n) is 12.0. The summed E-state index contributed by atoms with van der Waals surface area (Å²) in [6.45, 7) is 5.78. The van der Waals surface area contributed by atoms with Crippen LogP contribution in [-0.2, 0) is 15.6 Å². The summed E-state index contributed by atoms with van der Waals surface area (Å²) in [7, 11) is -0.934. The van der Waals surface area contributed by atoms with Crippen molar-refractivity contribution in [1.29, 1.82) is 0 Å². The van der Waals surface area contributed by atoms with Crippen LogP contribution in [-0.4, -0.2) is 20.6 Å². The topological polar surface area (TPSA) is 72.2 Å². The van der Waals surface area contributed by atoms with Crippen molar-refractivity contribution in [1.82, 2.24) is 0 Å². The predicted molar refractivity (Wildman–Crippen MR) is 86.5 cm³/mol. The second-order valence-corrected chi connectivity index (χ2v) is 8.31. The van der Waals surface area contributed by atoms with Gasteiger partial charge in [-0.05, 0) is 45.4 Å². The first-order chi connectivity index (χ1) is 9.20. The molecule has 0 bridgehead atoms. The molecule has 0 heterocycles.